The summed E-state index contributed by atoms with van der Waals surface area (Å²) in [7, 11) is 0. The first-order chi connectivity index (χ1) is 11.8. The van der Waals surface area contributed by atoms with Crippen molar-refractivity contribution in [1.82, 2.24) is 10.6 Å². The number of benzene rings is 2. The first-order valence-electron chi connectivity index (χ1n) is 8.37. The van der Waals surface area contributed by atoms with Crippen molar-refractivity contribution >= 4 is 17.6 Å². The van der Waals surface area contributed by atoms with Crippen molar-refractivity contribution in [2.45, 2.75) is 40.3 Å². The molecule has 0 aliphatic heterocycles. The molecule has 2 rings (SSSR count). The molecule has 5 heteroatoms. The number of hydrogen-bond donors (Lipinski definition) is 3. The first kappa shape index (κ1) is 18.5. The highest BCUT2D eigenvalue weighted by Crippen LogP contribution is 2.12. The lowest BCUT2D eigenvalue weighted by atomic mass is 10.1. The van der Waals surface area contributed by atoms with E-state index in [9.17, 15) is 9.59 Å². The van der Waals surface area contributed by atoms with E-state index in [-0.39, 0.29) is 18.0 Å². The molecule has 0 atom stereocenters. The Balaban J connectivity index is 1.91. The Labute approximate surface area is 148 Å². The molecule has 0 saturated heterocycles. The number of carbonyl (C=O) groups is 2. The fourth-order valence-corrected chi connectivity index (χ4v) is 2.48. The highest BCUT2D eigenvalue weighted by molar-refractivity contribution is 5.95. The molecule has 0 spiro atoms. The zero-order valence-corrected chi connectivity index (χ0v) is 15.1. The molecule has 0 aromatic heterocycles. The average molecular weight is 339 g/mol. The highest BCUT2D eigenvalue weighted by atomic mass is 16.2. The van der Waals surface area contributed by atoms with E-state index in [1.807, 2.05) is 70.2 Å². The Hall–Kier alpha value is -2.82. The minimum Gasteiger partial charge on any atom is -0.348 e. The quantitative estimate of drug-likeness (QED) is 0.776. The van der Waals surface area contributed by atoms with Crippen LogP contribution in [0.5, 0.6) is 0 Å². The monoisotopic (exact) mass is 339 g/mol. The minimum atomic E-state index is -0.231. The smallest absolute Gasteiger partial charge is 0.319 e. The molecule has 0 unspecified atom stereocenters. The van der Waals surface area contributed by atoms with Gasteiger partial charge in [0.25, 0.3) is 5.91 Å². The number of rotatable bonds is 5. The average Bonchev–Trinajstić information content (AvgIpc) is 2.53. The van der Waals surface area contributed by atoms with Gasteiger partial charge in [0.2, 0.25) is 0 Å². The Morgan fingerprint density at radius 1 is 1.00 bits per heavy atom. The first-order valence-corrected chi connectivity index (χ1v) is 8.37. The number of nitrogens with one attached hydrogen (secondary N) is 3. The van der Waals surface area contributed by atoms with Crippen LogP contribution in [-0.4, -0.2) is 18.0 Å². The Kier molecular flexibility index (Phi) is 6.17. The van der Waals surface area contributed by atoms with E-state index in [1.165, 1.54) is 0 Å². The van der Waals surface area contributed by atoms with Crippen LogP contribution in [0.1, 0.15) is 40.9 Å². The summed E-state index contributed by atoms with van der Waals surface area (Å²) in [5.41, 5.74) is 4.47. The van der Waals surface area contributed by atoms with Gasteiger partial charge in [0.05, 0.1) is 0 Å². The van der Waals surface area contributed by atoms with Gasteiger partial charge in [-0.3, -0.25) is 4.79 Å². The number of urea groups is 1. The van der Waals surface area contributed by atoms with Gasteiger partial charge >= 0.3 is 6.03 Å². The van der Waals surface area contributed by atoms with Gasteiger partial charge in [-0.1, -0.05) is 29.8 Å². The van der Waals surface area contributed by atoms with Gasteiger partial charge in [-0.25, -0.2) is 4.79 Å². The summed E-state index contributed by atoms with van der Waals surface area (Å²) in [4.78, 5) is 23.9. The molecule has 5 nitrogen and oxygen atoms in total. The van der Waals surface area contributed by atoms with Crippen molar-refractivity contribution in [1.29, 1.82) is 0 Å². The van der Waals surface area contributed by atoms with Gasteiger partial charge in [-0.05, 0) is 57.0 Å². The summed E-state index contributed by atoms with van der Waals surface area (Å²) in [6, 6.07) is 13.0. The van der Waals surface area contributed by atoms with E-state index >= 15 is 0 Å². The maximum absolute atomic E-state index is 12.3. The number of anilines is 1. The third-order valence-corrected chi connectivity index (χ3v) is 3.71. The van der Waals surface area contributed by atoms with E-state index in [1.54, 1.807) is 0 Å². The van der Waals surface area contributed by atoms with E-state index in [0.29, 0.717) is 17.8 Å². The van der Waals surface area contributed by atoms with Gasteiger partial charge in [-0.2, -0.15) is 0 Å². The van der Waals surface area contributed by atoms with Crippen LogP contribution in [0.15, 0.2) is 42.5 Å². The summed E-state index contributed by atoms with van der Waals surface area (Å²) in [6.45, 7) is 8.18. The van der Waals surface area contributed by atoms with Crippen molar-refractivity contribution in [2.75, 3.05) is 5.32 Å². The number of aryl methyl sites for hydroxylation is 2. The Morgan fingerprint density at radius 2 is 1.68 bits per heavy atom. The summed E-state index contributed by atoms with van der Waals surface area (Å²) in [5, 5.41) is 8.46. The van der Waals surface area contributed by atoms with E-state index in [0.717, 1.165) is 16.7 Å². The van der Waals surface area contributed by atoms with Gasteiger partial charge in [0.15, 0.2) is 0 Å². The number of carbonyl (C=O) groups excluding carboxylic acids is 2. The third kappa shape index (κ3) is 5.64. The van der Waals surface area contributed by atoms with Crippen LogP contribution in [0, 0.1) is 13.8 Å². The van der Waals surface area contributed by atoms with Crippen LogP contribution < -0.4 is 16.0 Å². The van der Waals surface area contributed by atoms with E-state index in [2.05, 4.69) is 16.0 Å². The zero-order valence-electron chi connectivity index (χ0n) is 15.1. The van der Waals surface area contributed by atoms with Crippen LogP contribution >= 0.6 is 0 Å². The molecule has 0 aliphatic rings. The predicted molar refractivity (Wildman–Crippen MR) is 101 cm³/mol. The lowest BCUT2D eigenvalue weighted by Gasteiger charge is -2.11. The van der Waals surface area contributed by atoms with Crippen LogP contribution in [0.4, 0.5) is 10.5 Å². The predicted octanol–water partition coefficient (Wildman–Crippen LogP) is 3.76. The van der Waals surface area contributed by atoms with Crippen molar-refractivity contribution in [3.63, 3.8) is 0 Å². The van der Waals surface area contributed by atoms with Gasteiger partial charge in [-0.15, -0.1) is 0 Å². The fraction of sp³-hybridized carbons (Fsp3) is 0.300. The SMILES string of the molecule is Cc1ccc(C(=O)NCc2ccc(NC(=O)NC(C)C)cc2)c(C)c1. The molecular formula is C20H25N3O2. The minimum absolute atomic E-state index is 0.0831. The van der Waals surface area contributed by atoms with Crippen molar-refractivity contribution in [2.24, 2.45) is 0 Å². The molecule has 2 aromatic rings. The highest BCUT2D eigenvalue weighted by Gasteiger charge is 2.09. The molecule has 0 saturated carbocycles. The van der Waals surface area contributed by atoms with Crippen molar-refractivity contribution in [3.05, 3.63) is 64.7 Å². The largest absolute Gasteiger partial charge is 0.348 e. The Morgan fingerprint density at radius 3 is 2.28 bits per heavy atom. The molecule has 0 fully saturated rings. The molecule has 132 valence electrons. The third-order valence-electron chi connectivity index (χ3n) is 3.71. The molecule has 3 amide bonds. The summed E-state index contributed by atoms with van der Waals surface area (Å²) in [6.07, 6.45) is 0. The standard InChI is InChI=1S/C20H25N3O2/c1-13(2)22-20(25)23-17-8-6-16(7-9-17)12-21-19(24)18-10-5-14(3)11-15(18)4/h5-11,13H,12H2,1-4H3,(H,21,24)(H2,22,23,25). The van der Waals surface area contributed by atoms with Gasteiger partial charge in [0, 0.05) is 23.8 Å². The van der Waals surface area contributed by atoms with Crippen LogP contribution in [-0.2, 0) is 6.54 Å². The lowest BCUT2D eigenvalue weighted by molar-refractivity contribution is 0.0950. The second kappa shape index (κ2) is 8.33. The summed E-state index contributed by atoms with van der Waals surface area (Å²) >= 11 is 0. The molecule has 2 aromatic carbocycles. The van der Waals surface area contributed by atoms with Gasteiger partial charge < -0.3 is 16.0 Å². The molecule has 0 bridgehead atoms. The Bertz CT molecular complexity index is 752. The van der Waals surface area contributed by atoms with Crippen molar-refractivity contribution < 1.29 is 9.59 Å². The number of amides is 3. The molecular weight excluding hydrogens is 314 g/mol. The zero-order chi connectivity index (χ0) is 18.4. The van der Waals surface area contributed by atoms with Gasteiger partial charge in [0.1, 0.15) is 0 Å². The molecule has 0 radical (unpaired) electrons. The lowest BCUT2D eigenvalue weighted by Crippen LogP contribution is -2.34. The molecule has 3 N–H and O–H groups in total. The van der Waals surface area contributed by atoms with Crippen LogP contribution in [0.2, 0.25) is 0 Å². The second-order valence-corrected chi connectivity index (χ2v) is 6.45. The topological polar surface area (TPSA) is 70.2 Å². The second-order valence-electron chi connectivity index (χ2n) is 6.45. The maximum Gasteiger partial charge on any atom is 0.319 e. The molecule has 0 heterocycles. The van der Waals surface area contributed by atoms with Crippen LogP contribution in [0.25, 0.3) is 0 Å². The van der Waals surface area contributed by atoms with E-state index in [4.69, 9.17) is 0 Å². The fourth-order valence-electron chi connectivity index (χ4n) is 2.48. The summed E-state index contributed by atoms with van der Waals surface area (Å²) in [5.74, 6) is -0.0870. The normalized spacial score (nSPS) is 10.4. The maximum atomic E-state index is 12.3. The summed E-state index contributed by atoms with van der Waals surface area (Å²) < 4.78 is 0. The van der Waals surface area contributed by atoms with E-state index < -0.39 is 0 Å². The number of hydrogen-bond acceptors (Lipinski definition) is 2. The van der Waals surface area contributed by atoms with Crippen molar-refractivity contribution in [3.8, 4) is 0 Å². The molecule has 25 heavy (non-hydrogen) atoms. The molecule has 0 aliphatic carbocycles. The van der Waals surface area contributed by atoms with Crippen LogP contribution in [0.3, 0.4) is 0 Å².